The Morgan fingerprint density at radius 1 is 1.35 bits per heavy atom. The molecule has 94 valence electrons. The van der Waals surface area contributed by atoms with Crippen molar-refractivity contribution in [1.82, 2.24) is 0 Å². The van der Waals surface area contributed by atoms with Gasteiger partial charge in [0, 0.05) is 12.2 Å². The van der Waals surface area contributed by atoms with Crippen LogP contribution < -0.4 is 11.1 Å². The third kappa shape index (κ3) is 4.93. The highest BCUT2D eigenvalue weighted by molar-refractivity contribution is 14.0. The molecule has 2 rings (SSSR count). The predicted molar refractivity (Wildman–Crippen MR) is 84.1 cm³/mol. The SMILES string of the molecule is CCc1ccc(NC(N)=NCC2CC2)cc1.I. The molecule has 0 unspecified atom stereocenters. The number of hydrogen-bond donors (Lipinski definition) is 2. The van der Waals surface area contributed by atoms with E-state index in [0.29, 0.717) is 5.96 Å². The zero-order valence-corrected chi connectivity index (χ0v) is 12.5. The minimum absolute atomic E-state index is 0. The highest BCUT2D eigenvalue weighted by atomic mass is 127. The maximum absolute atomic E-state index is 5.79. The maximum atomic E-state index is 5.79. The maximum Gasteiger partial charge on any atom is 0.193 e. The van der Waals surface area contributed by atoms with Gasteiger partial charge in [0.15, 0.2) is 5.96 Å². The van der Waals surface area contributed by atoms with E-state index >= 15 is 0 Å². The van der Waals surface area contributed by atoms with Crippen LogP contribution in [0.5, 0.6) is 0 Å². The Balaban J connectivity index is 0.00000144. The number of nitrogens with two attached hydrogens (primary N) is 1. The second kappa shape index (κ2) is 6.83. The third-order valence-corrected chi connectivity index (χ3v) is 2.85. The summed E-state index contributed by atoms with van der Waals surface area (Å²) in [5.41, 5.74) is 8.13. The largest absolute Gasteiger partial charge is 0.370 e. The zero-order valence-electron chi connectivity index (χ0n) is 10.1. The van der Waals surface area contributed by atoms with Gasteiger partial charge >= 0.3 is 0 Å². The van der Waals surface area contributed by atoms with Crippen molar-refractivity contribution in [3.63, 3.8) is 0 Å². The van der Waals surface area contributed by atoms with Gasteiger partial charge in [-0.25, -0.2) is 0 Å². The molecule has 1 aliphatic carbocycles. The molecule has 17 heavy (non-hydrogen) atoms. The first-order chi connectivity index (χ1) is 7.78. The van der Waals surface area contributed by atoms with Gasteiger partial charge in [0.05, 0.1) is 0 Å². The molecule has 0 amide bonds. The number of halogens is 1. The highest BCUT2D eigenvalue weighted by Crippen LogP contribution is 2.28. The highest BCUT2D eigenvalue weighted by Gasteiger charge is 2.20. The Morgan fingerprint density at radius 3 is 2.53 bits per heavy atom. The van der Waals surface area contributed by atoms with E-state index in [4.69, 9.17) is 5.73 Å². The summed E-state index contributed by atoms with van der Waals surface area (Å²) in [7, 11) is 0. The fourth-order valence-electron chi connectivity index (χ4n) is 1.54. The molecule has 1 aliphatic rings. The van der Waals surface area contributed by atoms with Gasteiger partial charge in [0.2, 0.25) is 0 Å². The topological polar surface area (TPSA) is 50.4 Å². The van der Waals surface area contributed by atoms with E-state index in [-0.39, 0.29) is 24.0 Å². The molecule has 0 atom stereocenters. The molecule has 0 spiro atoms. The summed E-state index contributed by atoms with van der Waals surface area (Å²) in [4.78, 5) is 4.31. The summed E-state index contributed by atoms with van der Waals surface area (Å²) in [5, 5.41) is 3.10. The summed E-state index contributed by atoms with van der Waals surface area (Å²) in [5.74, 6) is 1.30. The Hall–Kier alpha value is -0.780. The Kier molecular flexibility index (Phi) is 5.74. The Bertz CT molecular complexity index is 369. The van der Waals surface area contributed by atoms with Crippen LogP contribution in [0.4, 0.5) is 5.69 Å². The standard InChI is InChI=1S/C13H19N3.HI/c1-2-10-5-7-12(8-6-10)16-13(14)15-9-11-3-4-11;/h5-8,11H,2-4,9H2,1H3,(H3,14,15,16);1H. The molecular formula is C13H20IN3. The molecule has 0 bridgehead atoms. The van der Waals surface area contributed by atoms with Gasteiger partial charge in [-0.05, 0) is 42.9 Å². The Morgan fingerprint density at radius 2 is 2.00 bits per heavy atom. The summed E-state index contributed by atoms with van der Waals surface area (Å²) in [6, 6.07) is 8.30. The van der Waals surface area contributed by atoms with Crippen LogP contribution in [0.1, 0.15) is 25.3 Å². The second-order valence-electron chi connectivity index (χ2n) is 4.34. The van der Waals surface area contributed by atoms with Crippen molar-refractivity contribution in [3.8, 4) is 0 Å². The lowest BCUT2D eigenvalue weighted by atomic mass is 10.1. The number of aliphatic imine (C=N–C) groups is 1. The minimum atomic E-state index is 0. The minimum Gasteiger partial charge on any atom is -0.370 e. The van der Waals surface area contributed by atoms with Crippen LogP contribution in [0.15, 0.2) is 29.3 Å². The molecule has 3 N–H and O–H groups in total. The number of aryl methyl sites for hydroxylation is 1. The average molecular weight is 345 g/mol. The van der Waals surface area contributed by atoms with E-state index in [1.807, 2.05) is 12.1 Å². The lowest BCUT2D eigenvalue weighted by Gasteiger charge is -2.06. The fourth-order valence-corrected chi connectivity index (χ4v) is 1.54. The molecule has 0 heterocycles. The van der Waals surface area contributed by atoms with Gasteiger partial charge in [-0.2, -0.15) is 0 Å². The van der Waals surface area contributed by atoms with Gasteiger partial charge < -0.3 is 11.1 Å². The first kappa shape index (κ1) is 14.3. The molecule has 1 fully saturated rings. The molecule has 0 radical (unpaired) electrons. The average Bonchev–Trinajstić information content (AvgIpc) is 3.11. The van der Waals surface area contributed by atoms with Crippen LogP contribution in [0, 0.1) is 5.92 Å². The van der Waals surface area contributed by atoms with Gasteiger partial charge in [-0.15, -0.1) is 24.0 Å². The van der Waals surface area contributed by atoms with Crippen molar-refractivity contribution in [2.24, 2.45) is 16.6 Å². The second-order valence-corrected chi connectivity index (χ2v) is 4.34. The molecule has 4 heteroatoms. The third-order valence-electron chi connectivity index (χ3n) is 2.85. The lowest BCUT2D eigenvalue weighted by molar-refractivity contribution is 0.846. The summed E-state index contributed by atoms with van der Waals surface area (Å²) in [6.45, 7) is 3.01. The summed E-state index contributed by atoms with van der Waals surface area (Å²) in [6.07, 6.45) is 3.68. The van der Waals surface area contributed by atoms with E-state index in [1.165, 1.54) is 18.4 Å². The summed E-state index contributed by atoms with van der Waals surface area (Å²) >= 11 is 0. The van der Waals surface area contributed by atoms with Crippen LogP contribution in [-0.4, -0.2) is 12.5 Å². The van der Waals surface area contributed by atoms with Gasteiger partial charge in [-0.1, -0.05) is 19.1 Å². The number of rotatable bonds is 4. The van der Waals surface area contributed by atoms with Crippen LogP contribution in [0.25, 0.3) is 0 Å². The molecule has 1 saturated carbocycles. The van der Waals surface area contributed by atoms with Gasteiger partial charge in [0.25, 0.3) is 0 Å². The number of nitrogens with zero attached hydrogens (tertiary/aromatic N) is 1. The van der Waals surface area contributed by atoms with Crippen LogP contribution in [0.2, 0.25) is 0 Å². The van der Waals surface area contributed by atoms with E-state index < -0.39 is 0 Å². The molecule has 3 nitrogen and oxygen atoms in total. The van der Waals surface area contributed by atoms with Crippen molar-refractivity contribution in [2.45, 2.75) is 26.2 Å². The quantitative estimate of drug-likeness (QED) is 0.501. The van der Waals surface area contributed by atoms with E-state index in [2.05, 4.69) is 29.4 Å². The molecule has 0 saturated heterocycles. The smallest absolute Gasteiger partial charge is 0.193 e. The summed E-state index contributed by atoms with van der Waals surface area (Å²) < 4.78 is 0. The van der Waals surface area contributed by atoms with Crippen LogP contribution >= 0.6 is 24.0 Å². The molecule has 0 aromatic heterocycles. The number of hydrogen-bond acceptors (Lipinski definition) is 1. The van der Waals surface area contributed by atoms with E-state index in [1.54, 1.807) is 0 Å². The van der Waals surface area contributed by atoms with Crippen molar-refractivity contribution in [1.29, 1.82) is 0 Å². The lowest BCUT2D eigenvalue weighted by Crippen LogP contribution is -2.23. The van der Waals surface area contributed by atoms with Crippen molar-refractivity contribution in [2.75, 3.05) is 11.9 Å². The fraction of sp³-hybridized carbons (Fsp3) is 0.462. The molecular weight excluding hydrogens is 325 g/mol. The monoisotopic (exact) mass is 345 g/mol. The number of benzene rings is 1. The number of anilines is 1. The van der Waals surface area contributed by atoms with Crippen molar-refractivity contribution >= 4 is 35.6 Å². The molecule has 1 aromatic rings. The Labute approximate surface area is 120 Å². The molecule has 0 aliphatic heterocycles. The normalized spacial score (nSPS) is 15.2. The van der Waals surface area contributed by atoms with Gasteiger partial charge in [0.1, 0.15) is 0 Å². The molecule has 1 aromatic carbocycles. The van der Waals surface area contributed by atoms with Crippen molar-refractivity contribution in [3.05, 3.63) is 29.8 Å². The van der Waals surface area contributed by atoms with Crippen molar-refractivity contribution < 1.29 is 0 Å². The van der Waals surface area contributed by atoms with Crippen LogP contribution in [-0.2, 0) is 6.42 Å². The number of guanidine groups is 1. The first-order valence-electron chi connectivity index (χ1n) is 5.94. The van der Waals surface area contributed by atoms with E-state index in [9.17, 15) is 0 Å². The van der Waals surface area contributed by atoms with E-state index in [0.717, 1.165) is 24.6 Å². The predicted octanol–water partition coefficient (Wildman–Crippen LogP) is 3.00. The zero-order chi connectivity index (χ0) is 11.4. The first-order valence-corrected chi connectivity index (χ1v) is 5.94. The number of nitrogens with one attached hydrogen (secondary N) is 1. The van der Waals surface area contributed by atoms with Gasteiger partial charge in [-0.3, -0.25) is 4.99 Å². The van der Waals surface area contributed by atoms with Crippen LogP contribution in [0.3, 0.4) is 0 Å².